The lowest BCUT2D eigenvalue weighted by molar-refractivity contribution is -0.164. The number of esters is 2. The fraction of sp³-hybridized carbons (Fsp3) is 0.867. The number of unbranched alkanes of at least 4 members (excludes halogenated alkanes) is 3. The molecule has 0 fully saturated rings. The van der Waals surface area contributed by atoms with Crippen molar-refractivity contribution in [2.75, 3.05) is 13.2 Å². The molecule has 0 aromatic carbocycles. The van der Waals surface area contributed by atoms with Crippen LogP contribution in [0, 0.1) is 11.8 Å². The van der Waals surface area contributed by atoms with Gasteiger partial charge in [-0.05, 0) is 26.2 Å². The van der Waals surface area contributed by atoms with Gasteiger partial charge >= 0.3 is 11.9 Å². The van der Waals surface area contributed by atoms with Crippen molar-refractivity contribution in [1.29, 1.82) is 0 Å². The Morgan fingerprint density at radius 2 is 1.42 bits per heavy atom. The van der Waals surface area contributed by atoms with E-state index in [-0.39, 0.29) is 19.1 Å². The van der Waals surface area contributed by atoms with Crippen molar-refractivity contribution in [2.45, 2.75) is 59.8 Å². The van der Waals surface area contributed by atoms with E-state index in [1.165, 1.54) is 12.8 Å². The molecule has 0 spiro atoms. The Labute approximate surface area is 116 Å². The molecular weight excluding hydrogens is 244 g/mol. The first-order valence-corrected chi connectivity index (χ1v) is 7.41. The molecule has 0 N–H and O–H groups in total. The second-order valence-electron chi connectivity index (χ2n) is 4.81. The van der Waals surface area contributed by atoms with E-state index in [2.05, 4.69) is 6.92 Å². The van der Waals surface area contributed by atoms with Gasteiger partial charge in [-0.2, -0.15) is 0 Å². The summed E-state index contributed by atoms with van der Waals surface area (Å²) in [5.74, 6) is -1.72. The molecule has 1 atom stereocenters. The van der Waals surface area contributed by atoms with Crippen LogP contribution < -0.4 is 0 Å². The Morgan fingerprint density at radius 1 is 0.895 bits per heavy atom. The number of hydrogen-bond acceptors (Lipinski definition) is 4. The van der Waals surface area contributed by atoms with E-state index < -0.39 is 17.9 Å². The Kier molecular flexibility index (Phi) is 10.2. The van der Waals surface area contributed by atoms with Gasteiger partial charge in [-0.3, -0.25) is 9.59 Å². The second kappa shape index (κ2) is 10.8. The van der Waals surface area contributed by atoms with Gasteiger partial charge in [-0.25, -0.2) is 0 Å². The molecule has 0 unspecified atom stereocenters. The third kappa shape index (κ3) is 7.19. The lowest BCUT2D eigenvalue weighted by Gasteiger charge is -2.20. The molecule has 112 valence electrons. The van der Waals surface area contributed by atoms with Crippen LogP contribution in [0.3, 0.4) is 0 Å². The average molecular weight is 272 g/mol. The minimum Gasteiger partial charge on any atom is -0.465 e. The smallest absolute Gasteiger partial charge is 0.320 e. The Morgan fingerprint density at radius 3 is 1.84 bits per heavy atom. The van der Waals surface area contributed by atoms with Crippen LogP contribution in [-0.2, 0) is 19.1 Å². The van der Waals surface area contributed by atoms with Crippen molar-refractivity contribution >= 4 is 11.9 Å². The first-order valence-electron chi connectivity index (χ1n) is 7.41. The summed E-state index contributed by atoms with van der Waals surface area (Å²) in [5, 5.41) is 0. The normalized spacial score (nSPS) is 12.3. The maximum absolute atomic E-state index is 11.9. The molecule has 0 aliphatic carbocycles. The molecule has 4 nitrogen and oxygen atoms in total. The molecule has 0 heterocycles. The topological polar surface area (TPSA) is 52.6 Å². The highest BCUT2D eigenvalue weighted by molar-refractivity contribution is 5.95. The van der Waals surface area contributed by atoms with Gasteiger partial charge in [0.15, 0.2) is 5.92 Å². The van der Waals surface area contributed by atoms with Crippen molar-refractivity contribution in [1.82, 2.24) is 0 Å². The average Bonchev–Trinajstić information content (AvgIpc) is 2.35. The van der Waals surface area contributed by atoms with Crippen molar-refractivity contribution in [3.63, 3.8) is 0 Å². The van der Waals surface area contributed by atoms with Gasteiger partial charge in [0.2, 0.25) is 0 Å². The summed E-state index contributed by atoms with van der Waals surface area (Å²) in [4.78, 5) is 23.7. The van der Waals surface area contributed by atoms with Gasteiger partial charge in [-0.1, -0.05) is 39.5 Å². The first kappa shape index (κ1) is 17.9. The second-order valence-corrected chi connectivity index (χ2v) is 4.81. The quantitative estimate of drug-likeness (QED) is 0.348. The minimum absolute atomic E-state index is 0.0324. The largest absolute Gasteiger partial charge is 0.465 e. The predicted octanol–water partition coefficient (Wildman–Crippen LogP) is 3.34. The Bertz CT molecular complexity index is 245. The zero-order valence-corrected chi connectivity index (χ0v) is 12.7. The van der Waals surface area contributed by atoms with E-state index in [0.717, 1.165) is 19.3 Å². The number of hydrogen-bond donors (Lipinski definition) is 0. The van der Waals surface area contributed by atoms with E-state index >= 15 is 0 Å². The molecule has 0 rings (SSSR count). The number of ether oxygens (including phenoxy) is 2. The molecule has 0 aromatic rings. The number of carbonyl (C=O) groups is 2. The first-order chi connectivity index (χ1) is 9.08. The highest BCUT2D eigenvalue weighted by Crippen LogP contribution is 2.22. The third-order valence-corrected chi connectivity index (χ3v) is 3.16. The van der Waals surface area contributed by atoms with Crippen LogP contribution in [0.25, 0.3) is 0 Å². The van der Waals surface area contributed by atoms with E-state index in [1.54, 1.807) is 13.8 Å². The summed E-state index contributed by atoms with van der Waals surface area (Å²) in [6.07, 6.45) is 5.38. The van der Waals surface area contributed by atoms with Gasteiger partial charge in [0, 0.05) is 0 Å². The van der Waals surface area contributed by atoms with Gasteiger partial charge < -0.3 is 9.47 Å². The summed E-state index contributed by atoms with van der Waals surface area (Å²) >= 11 is 0. The monoisotopic (exact) mass is 272 g/mol. The van der Waals surface area contributed by atoms with E-state index in [4.69, 9.17) is 9.47 Å². The Balaban J connectivity index is 4.45. The fourth-order valence-electron chi connectivity index (χ4n) is 2.08. The standard InChI is InChI=1S/C15H28O4/c1-5-8-9-10-11-12(4)13(14(16)18-6-2)15(17)19-7-3/h12-13H,5-11H2,1-4H3/t12-/m1/s1. The summed E-state index contributed by atoms with van der Waals surface area (Å²) in [6.45, 7) is 8.14. The number of carbonyl (C=O) groups excluding carboxylic acids is 2. The van der Waals surface area contributed by atoms with Crippen LogP contribution in [0.5, 0.6) is 0 Å². The third-order valence-electron chi connectivity index (χ3n) is 3.16. The van der Waals surface area contributed by atoms with Crippen molar-refractivity contribution in [3.8, 4) is 0 Å². The van der Waals surface area contributed by atoms with E-state index in [9.17, 15) is 9.59 Å². The van der Waals surface area contributed by atoms with Crippen LogP contribution in [0.15, 0.2) is 0 Å². The summed E-state index contributed by atoms with van der Waals surface area (Å²) < 4.78 is 9.96. The minimum atomic E-state index is -0.776. The SMILES string of the molecule is CCCCCC[C@@H](C)C(C(=O)OCC)C(=O)OCC. The molecule has 0 saturated carbocycles. The lowest BCUT2D eigenvalue weighted by atomic mass is 9.89. The zero-order chi connectivity index (χ0) is 14.7. The van der Waals surface area contributed by atoms with E-state index in [1.807, 2.05) is 6.92 Å². The molecule has 0 aliphatic rings. The molecule has 0 aliphatic heterocycles. The van der Waals surface area contributed by atoms with Gasteiger partial charge in [-0.15, -0.1) is 0 Å². The highest BCUT2D eigenvalue weighted by atomic mass is 16.6. The maximum Gasteiger partial charge on any atom is 0.320 e. The van der Waals surface area contributed by atoms with Crippen LogP contribution in [0.2, 0.25) is 0 Å². The van der Waals surface area contributed by atoms with Crippen molar-refractivity contribution < 1.29 is 19.1 Å². The van der Waals surface area contributed by atoms with Crippen LogP contribution in [0.4, 0.5) is 0 Å². The van der Waals surface area contributed by atoms with E-state index in [0.29, 0.717) is 0 Å². The molecule has 0 saturated heterocycles. The fourth-order valence-corrected chi connectivity index (χ4v) is 2.08. The molecular formula is C15H28O4. The maximum atomic E-state index is 11.9. The molecule has 0 radical (unpaired) electrons. The van der Waals surface area contributed by atoms with Crippen molar-refractivity contribution in [2.24, 2.45) is 11.8 Å². The molecule has 0 bridgehead atoms. The zero-order valence-electron chi connectivity index (χ0n) is 12.7. The van der Waals surface area contributed by atoms with Crippen LogP contribution >= 0.6 is 0 Å². The summed E-state index contributed by atoms with van der Waals surface area (Å²) in [5.41, 5.74) is 0. The van der Waals surface area contributed by atoms with Crippen molar-refractivity contribution in [3.05, 3.63) is 0 Å². The molecule has 0 amide bonds. The van der Waals surface area contributed by atoms with Crippen LogP contribution in [0.1, 0.15) is 59.8 Å². The molecule has 19 heavy (non-hydrogen) atoms. The van der Waals surface area contributed by atoms with Crippen LogP contribution in [-0.4, -0.2) is 25.2 Å². The van der Waals surface area contributed by atoms with Gasteiger partial charge in [0.1, 0.15) is 0 Å². The highest BCUT2D eigenvalue weighted by Gasteiger charge is 2.34. The lowest BCUT2D eigenvalue weighted by Crippen LogP contribution is -2.33. The van der Waals surface area contributed by atoms with Gasteiger partial charge in [0.05, 0.1) is 13.2 Å². The number of rotatable bonds is 10. The Hall–Kier alpha value is -1.06. The summed E-state index contributed by atoms with van der Waals surface area (Å²) in [7, 11) is 0. The molecule has 4 heteroatoms. The summed E-state index contributed by atoms with van der Waals surface area (Å²) in [6, 6.07) is 0. The van der Waals surface area contributed by atoms with Gasteiger partial charge in [0.25, 0.3) is 0 Å². The predicted molar refractivity (Wildman–Crippen MR) is 74.7 cm³/mol. The molecule has 0 aromatic heterocycles.